The molecule has 0 aliphatic carbocycles. The highest BCUT2D eigenvalue weighted by molar-refractivity contribution is 5.26. The van der Waals surface area contributed by atoms with E-state index in [0.717, 1.165) is 18.4 Å². The van der Waals surface area contributed by atoms with Gasteiger partial charge >= 0.3 is 0 Å². The number of aryl methyl sites for hydroxylation is 2. The summed E-state index contributed by atoms with van der Waals surface area (Å²) in [5.41, 5.74) is 3.58. The third-order valence-electron chi connectivity index (χ3n) is 4.32. The van der Waals surface area contributed by atoms with E-state index in [2.05, 4.69) is 41.4 Å². The number of aliphatic hydroxyl groups is 1. The van der Waals surface area contributed by atoms with Gasteiger partial charge in [0.2, 0.25) is 0 Å². The van der Waals surface area contributed by atoms with Crippen LogP contribution in [0.25, 0.3) is 0 Å². The van der Waals surface area contributed by atoms with Crippen molar-refractivity contribution in [3.63, 3.8) is 0 Å². The van der Waals surface area contributed by atoms with Crippen molar-refractivity contribution in [1.82, 2.24) is 9.55 Å². The molecule has 0 aliphatic heterocycles. The molecule has 0 unspecified atom stereocenters. The number of aliphatic hydroxyl groups excluding tert-OH is 1. The Morgan fingerprint density at radius 1 is 0.957 bits per heavy atom. The summed E-state index contributed by atoms with van der Waals surface area (Å²) >= 11 is 0. The summed E-state index contributed by atoms with van der Waals surface area (Å²) in [5.74, 6) is 0. The monoisotopic (exact) mass is 306 g/mol. The van der Waals surface area contributed by atoms with Crippen molar-refractivity contribution in [3.05, 3.63) is 90.0 Å². The average Bonchev–Trinajstić information content (AvgIpc) is 3.15. The Hall–Kier alpha value is -2.39. The van der Waals surface area contributed by atoms with Crippen molar-refractivity contribution in [1.29, 1.82) is 0 Å². The van der Waals surface area contributed by atoms with E-state index in [1.807, 2.05) is 35.9 Å². The van der Waals surface area contributed by atoms with Crippen molar-refractivity contribution in [2.45, 2.75) is 31.9 Å². The molecule has 3 rings (SSSR count). The fourth-order valence-electron chi connectivity index (χ4n) is 2.77. The first-order chi connectivity index (χ1) is 11.2. The summed E-state index contributed by atoms with van der Waals surface area (Å²) in [6.45, 7) is 2.00. The molecule has 2 atom stereocenters. The molecule has 0 saturated heterocycles. The van der Waals surface area contributed by atoms with Crippen LogP contribution in [0, 0.1) is 0 Å². The van der Waals surface area contributed by atoms with E-state index in [-0.39, 0.29) is 6.04 Å². The summed E-state index contributed by atoms with van der Waals surface area (Å²) in [7, 11) is 0. The van der Waals surface area contributed by atoms with Gasteiger partial charge in [-0.25, -0.2) is 4.98 Å². The minimum Gasteiger partial charge on any atom is -0.386 e. The smallest absolute Gasteiger partial charge is 0.0994 e. The first kappa shape index (κ1) is 15.5. The molecule has 0 bridgehead atoms. The lowest BCUT2D eigenvalue weighted by molar-refractivity contribution is 0.122. The highest BCUT2D eigenvalue weighted by Gasteiger charge is 2.17. The quantitative estimate of drug-likeness (QED) is 0.748. The largest absolute Gasteiger partial charge is 0.386 e. The van der Waals surface area contributed by atoms with E-state index >= 15 is 0 Å². The van der Waals surface area contributed by atoms with E-state index in [4.69, 9.17) is 0 Å². The molecular weight excluding hydrogens is 284 g/mol. The van der Waals surface area contributed by atoms with Crippen LogP contribution in [0.4, 0.5) is 0 Å². The third kappa shape index (κ3) is 3.88. The summed E-state index contributed by atoms with van der Waals surface area (Å²) in [6, 6.07) is 18.8. The summed E-state index contributed by atoms with van der Waals surface area (Å²) in [5, 5.41) is 10.5. The Morgan fingerprint density at radius 2 is 1.61 bits per heavy atom. The number of benzene rings is 2. The number of rotatable bonds is 6. The fraction of sp³-hybridized carbons (Fsp3) is 0.250. The molecule has 0 amide bonds. The second-order valence-corrected chi connectivity index (χ2v) is 5.92. The molecule has 0 spiro atoms. The zero-order valence-corrected chi connectivity index (χ0v) is 13.3. The molecule has 1 N–H and O–H groups in total. The van der Waals surface area contributed by atoms with Crippen molar-refractivity contribution >= 4 is 0 Å². The maximum Gasteiger partial charge on any atom is 0.0994 e. The maximum absolute atomic E-state index is 10.5. The lowest BCUT2D eigenvalue weighted by Crippen LogP contribution is -2.13. The standard InChI is InChI=1S/C20H22N2O/c1-16(22-14-13-21-15-22)20(23)19-11-9-18(10-12-19)8-7-17-5-3-2-4-6-17/h2-6,9-16,20,23H,7-8H2,1H3/t16-,20+/m1/s1. The van der Waals surface area contributed by atoms with Crippen LogP contribution in [0.15, 0.2) is 73.3 Å². The molecule has 0 radical (unpaired) electrons. The first-order valence-corrected chi connectivity index (χ1v) is 8.02. The number of aromatic nitrogens is 2. The molecule has 118 valence electrons. The lowest BCUT2D eigenvalue weighted by atomic mass is 9.99. The van der Waals surface area contributed by atoms with Gasteiger partial charge in [-0.1, -0.05) is 54.6 Å². The summed E-state index contributed by atoms with van der Waals surface area (Å²) in [6.07, 6.45) is 6.86. The van der Waals surface area contributed by atoms with Crippen molar-refractivity contribution in [3.8, 4) is 0 Å². The molecule has 1 aromatic heterocycles. The van der Waals surface area contributed by atoms with Gasteiger partial charge in [0.05, 0.1) is 18.5 Å². The highest BCUT2D eigenvalue weighted by atomic mass is 16.3. The molecule has 0 aliphatic rings. The minimum atomic E-state index is -0.535. The van der Waals surface area contributed by atoms with Gasteiger partial charge in [0.1, 0.15) is 0 Å². The predicted octanol–water partition coefficient (Wildman–Crippen LogP) is 3.96. The Bertz CT molecular complexity index is 705. The van der Waals surface area contributed by atoms with Gasteiger partial charge in [0.25, 0.3) is 0 Å². The van der Waals surface area contributed by atoms with Crippen LogP contribution in [0.1, 0.15) is 35.8 Å². The molecule has 1 heterocycles. The molecular formula is C20H22N2O. The molecule has 23 heavy (non-hydrogen) atoms. The van der Waals surface area contributed by atoms with E-state index in [1.54, 1.807) is 12.5 Å². The van der Waals surface area contributed by atoms with Crippen LogP contribution in [0.5, 0.6) is 0 Å². The van der Waals surface area contributed by atoms with Crippen LogP contribution in [0.3, 0.4) is 0 Å². The zero-order valence-electron chi connectivity index (χ0n) is 13.3. The van der Waals surface area contributed by atoms with Gasteiger partial charge in [0, 0.05) is 12.4 Å². The van der Waals surface area contributed by atoms with Gasteiger partial charge < -0.3 is 9.67 Å². The predicted molar refractivity (Wildman–Crippen MR) is 92.2 cm³/mol. The third-order valence-corrected chi connectivity index (χ3v) is 4.32. The second-order valence-electron chi connectivity index (χ2n) is 5.92. The van der Waals surface area contributed by atoms with Crippen LogP contribution in [0.2, 0.25) is 0 Å². The van der Waals surface area contributed by atoms with Crippen LogP contribution < -0.4 is 0 Å². The molecule has 0 fully saturated rings. The Balaban J connectivity index is 1.62. The maximum atomic E-state index is 10.5. The van der Waals surface area contributed by atoms with E-state index in [9.17, 15) is 5.11 Å². The van der Waals surface area contributed by atoms with Crippen LogP contribution in [-0.4, -0.2) is 14.7 Å². The Morgan fingerprint density at radius 3 is 2.22 bits per heavy atom. The van der Waals surface area contributed by atoms with Crippen LogP contribution >= 0.6 is 0 Å². The van der Waals surface area contributed by atoms with Crippen molar-refractivity contribution < 1.29 is 5.11 Å². The summed E-state index contributed by atoms with van der Waals surface area (Å²) < 4.78 is 1.92. The Kier molecular flexibility index (Phi) is 4.89. The average molecular weight is 306 g/mol. The highest BCUT2D eigenvalue weighted by Crippen LogP contribution is 2.26. The number of imidazole rings is 1. The Labute approximate surface area is 137 Å². The van der Waals surface area contributed by atoms with E-state index in [1.165, 1.54) is 11.1 Å². The van der Waals surface area contributed by atoms with Gasteiger partial charge in [-0.05, 0) is 36.5 Å². The normalized spacial score (nSPS) is 13.7. The molecule has 3 aromatic rings. The SMILES string of the molecule is C[C@H]([C@H](O)c1ccc(CCc2ccccc2)cc1)n1ccnc1. The molecule has 0 saturated carbocycles. The molecule has 3 nitrogen and oxygen atoms in total. The number of hydrogen-bond acceptors (Lipinski definition) is 2. The second kappa shape index (κ2) is 7.25. The fourth-order valence-corrected chi connectivity index (χ4v) is 2.77. The van der Waals surface area contributed by atoms with Crippen molar-refractivity contribution in [2.24, 2.45) is 0 Å². The molecule has 2 aromatic carbocycles. The van der Waals surface area contributed by atoms with Crippen molar-refractivity contribution in [2.75, 3.05) is 0 Å². The number of nitrogens with zero attached hydrogens (tertiary/aromatic N) is 2. The first-order valence-electron chi connectivity index (χ1n) is 8.02. The number of hydrogen-bond donors (Lipinski definition) is 1. The minimum absolute atomic E-state index is 0.0346. The van der Waals surface area contributed by atoms with Gasteiger partial charge in [-0.3, -0.25) is 0 Å². The molecule has 3 heteroatoms. The van der Waals surface area contributed by atoms with Gasteiger partial charge in [0.15, 0.2) is 0 Å². The van der Waals surface area contributed by atoms with Crippen LogP contribution in [-0.2, 0) is 12.8 Å². The summed E-state index contributed by atoms with van der Waals surface area (Å²) in [4.78, 5) is 4.04. The topological polar surface area (TPSA) is 38.0 Å². The zero-order chi connectivity index (χ0) is 16.1. The lowest BCUT2D eigenvalue weighted by Gasteiger charge is -2.20. The van der Waals surface area contributed by atoms with E-state index in [0.29, 0.717) is 0 Å². The van der Waals surface area contributed by atoms with Gasteiger partial charge in [-0.15, -0.1) is 0 Å². The van der Waals surface area contributed by atoms with Gasteiger partial charge in [-0.2, -0.15) is 0 Å². The van der Waals surface area contributed by atoms with E-state index < -0.39 is 6.10 Å².